The number of hydrogen-bond donors (Lipinski definition) is 0. The van der Waals surface area contributed by atoms with Gasteiger partial charge in [-0.15, -0.1) is 0 Å². The Labute approximate surface area is 209 Å². The van der Waals surface area contributed by atoms with Gasteiger partial charge in [0.2, 0.25) is 0 Å². The summed E-state index contributed by atoms with van der Waals surface area (Å²) in [6.45, 7) is 9.35. The fraction of sp³-hybridized carbons (Fsp3) is 0.333. The SMILES string of the molecule is CCOCCOc1nc2cnc3cc(-c4c(C)noc4C)c(OC)cc3c2n1[C@H](C)c1ccccn1. The molecule has 9 heteroatoms. The van der Waals surface area contributed by atoms with Crippen molar-refractivity contribution in [2.45, 2.75) is 33.7 Å². The fourth-order valence-corrected chi connectivity index (χ4v) is 4.57. The Morgan fingerprint density at radius 1 is 1.08 bits per heavy atom. The molecule has 5 rings (SSSR count). The number of aromatic nitrogens is 5. The smallest absolute Gasteiger partial charge is 0.298 e. The molecule has 9 nitrogen and oxygen atoms in total. The second-order valence-electron chi connectivity index (χ2n) is 8.50. The summed E-state index contributed by atoms with van der Waals surface area (Å²) in [5, 5.41) is 5.01. The lowest BCUT2D eigenvalue weighted by Gasteiger charge is -2.18. The maximum Gasteiger partial charge on any atom is 0.298 e. The summed E-state index contributed by atoms with van der Waals surface area (Å²) in [6, 6.07) is 10.2. The number of hydrogen-bond acceptors (Lipinski definition) is 8. The molecule has 0 aliphatic heterocycles. The lowest BCUT2D eigenvalue weighted by atomic mass is 10.0. The van der Waals surface area contributed by atoms with Crippen molar-refractivity contribution in [1.29, 1.82) is 0 Å². The van der Waals surface area contributed by atoms with Crippen molar-refractivity contribution in [3.05, 3.63) is 59.9 Å². The van der Waals surface area contributed by atoms with Gasteiger partial charge in [0, 0.05) is 23.8 Å². The van der Waals surface area contributed by atoms with E-state index in [-0.39, 0.29) is 6.04 Å². The van der Waals surface area contributed by atoms with Crippen LogP contribution in [0.2, 0.25) is 0 Å². The maximum absolute atomic E-state index is 6.11. The number of ether oxygens (including phenoxy) is 3. The standard InChI is InChI=1S/C27H29N5O4/c1-6-34-11-12-35-27-30-23-15-29-22-13-20(25-16(2)31-36-18(25)4)24(33-5)14-19(22)26(23)32(27)17(3)21-9-7-8-10-28-21/h7-10,13-15,17H,6,11-12H2,1-5H3/t17-/m1/s1. The second-order valence-corrected chi connectivity index (χ2v) is 8.50. The zero-order valence-electron chi connectivity index (χ0n) is 21.1. The minimum atomic E-state index is -0.142. The second kappa shape index (κ2) is 9.94. The van der Waals surface area contributed by atoms with E-state index in [0.717, 1.165) is 50.2 Å². The minimum Gasteiger partial charge on any atom is -0.496 e. The van der Waals surface area contributed by atoms with Crippen LogP contribution in [0.1, 0.15) is 37.0 Å². The summed E-state index contributed by atoms with van der Waals surface area (Å²) in [5.74, 6) is 1.42. The summed E-state index contributed by atoms with van der Waals surface area (Å²) in [6.07, 6.45) is 3.57. The lowest BCUT2D eigenvalue weighted by Crippen LogP contribution is -2.14. The Balaban J connectivity index is 1.74. The van der Waals surface area contributed by atoms with Crippen molar-refractivity contribution in [3.8, 4) is 22.9 Å². The van der Waals surface area contributed by atoms with Gasteiger partial charge in [-0.05, 0) is 52.0 Å². The van der Waals surface area contributed by atoms with Crippen LogP contribution in [0, 0.1) is 13.8 Å². The van der Waals surface area contributed by atoms with Crippen molar-refractivity contribution < 1.29 is 18.7 Å². The molecule has 4 aromatic heterocycles. The predicted octanol–water partition coefficient (Wildman–Crippen LogP) is 5.28. The Bertz CT molecular complexity index is 1490. The van der Waals surface area contributed by atoms with E-state index in [0.29, 0.717) is 31.6 Å². The molecule has 0 fully saturated rings. The van der Waals surface area contributed by atoms with Gasteiger partial charge < -0.3 is 18.7 Å². The number of methoxy groups -OCH3 is 1. The van der Waals surface area contributed by atoms with Gasteiger partial charge in [0.05, 0.1) is 53.9 Å². The third kappa shape index (κ3) is 4.15. The molecule has 0 saturated heterocycles. The fourth-order valence-electron chi connectivity index (χ4n) is 4.57. The summed E-state index contributed by atoms with van der Waals surface area (Å²) >= 11 is 0. The van der Waals surface area contributed by atoms with Gasteiger partial charge in [0.25, 0.3) is 6.01 Å². The normalized spacial score (nSPS) is 12.4. The van der Waals surface area contributed by atoms with Crippen LogP contribution < -0.4 is 9.47 Å². The number of benzene rings is 1. The van der Waals surface area contributed by atoms with Crippen LogP contribution in [0.5, 0.6) is 11.8 Å². The molecule has 0 bridgehead atoms. The van der Waals surface area contributed by atoms with Crippen LogP contribution in [-0.2, 0) is 4.74 Å². The molecule has 0 unspecified atom stereocenters. The van der Waals surface area contributed by atoms with Gasteiger partial charge in [0.1, 0.15) is 23.6 Å². The van der Waals surface area contributed by atoms with E-state index in [2.05, 4.69) is 21.6 Å². The van der Waals surface area contributed by atoms with E-state index >= 15 is 0 Å². The molecular formula is C27H29N5O4. The molecule has 0 aliphatic carbocycles. The summed E-state index contributed by atoms with van der Waals surface area (Å²) < 4.78 is 24.9. The van der Waals surface area contributed by atoms with E-state index in [4.69, 9.17) is 28.7 Å². The molecule has 0 aliphatic rings. The van der Waals surface area contributed by atoms with Crippen molar-refractivity contribution in [3.63, 3.8) is 0 Å². The van der Waals surface area contributed by atoms with Gasteiger partial charge in [-0.3, -0.25) is 14.5 Å². The molecule has 0 radical (unpaired) electrons. The highest BCUT2D eigenvalue weighted by molar-refractivity contribution is 6.05. The van der Waals surface area contributed by atoms with E-state index in [1.807, 2.05) is 51.1 Å². The molecule has 0 spiro atoms. The zero-order chi connectivity index (χ0) is 25.2. The van der Waals surface area contributed by atoms with Crippen LogP contribution in [0.3, 0.4) is 0 Å². The Morgan fingerprint density at radius 2 is 1.94 bits per heavy atom. The highest BCUT2D eigenvalue weighted by Gasteiger charge is 2.24. The first-order valence-electron chi connectivity index (χ1n) is 12.0. The van der Waals surface area contributed by atoms with Crippen molar-refractivity contribution in [1.82, 2.24) is 24.7 Å². The monoisotopic (exact) mass is 487 g/mol. The average Bonchev–Trinajstić information content (AvgIpc) is 3.44. The first-order chi connectivity index (χ1) is 17.5. The van der Waals surface area contributed by atoms with Crippen LogP contribution in [0.4, 0.5) is 0 Å². The average molecular weight is 488 g/mol. The Morgan fingerprint density at radius 3 is 2.64 bits per heavy atom. The Hall–Kier alpha value is -3.98. The van der Waals surface area contributed by atoms with Crippen molar-refractivity contribution in [2.24, 2.45) is 0 Å². The number of rotatable bonds is 9. The highest BCUT2D eigenvalue weighted by atomic mass is 16.5. The van der Waals surface area contributed by atoms with E-state index in [1.165, 1.54) is 0 Å². The molecule has 1 aromatic carbocycles. The van der Waals surface area contributed by atoms with Gasteiger partial charge in [-0.25, -0.2) is 0 Å². The number of fused-ring (bicyclic) bond motifs is 3. The first-order valence-corrected chi connectivity index (χ1v) is 12.0. The van der Waals surface area contributed by atoms with Gasteiger partial charge in [-0.2, -0.15) is 4.98 Å². The third-order valence-electron chi connectivity index (χ3n) is 6.27. The molecule has 0 amide bonds. The zero-order valence-corrected chi connectivity index (χ0v) is 21.1. The lowest BCUT2D eigenvalue weighted by molar-refractivity contribution is 0.104. The third-order valence-corrected chi connectivity index (χ3v) is 6.27. The maximum atomic E-state index is 6.11. The molecule has 5 aromatic rings. The minimum absolute atomic E-state index is 0.142. The molecule has 0 saturated carbocycles. The summed E-state index contributed by atoms with van der Waals surface area (Å²) in [5.41, 5.74) is 5.90. The quantitative estimate of drug-likeness (QED) is 0.259. The topological polar surface area (TPSA) is 97.3 Å². The van der Waals surface area contributed by atoms with Crippen LogP contribution in [0.25, 0.3) is 33.1 Å². The Kier molecular flexibility index (Phi) is 6.56. The molecule has 4 heterocycles. The largest absolute Gasteiger partial charge is 0.496 e. The molecule has 36 heavy (non-hydrogen) atoms. The first kappa shape index (κ1) is 23.7. The van der Waals surface area contributed by atoms with E-state index in [9.17, 15) is 0 Å². The summed E-state index contributed by atoms with van der Waals surface area (Å²) in [7, 11) is 1.66. The van der Waals surface area contributed by atoms with Crippen molar-refractivity contribution >= 4 is 21.9 Å². The molecular weight excluding hydrogens is 458 g/mol. The van der Waals surface area contributed by atoms with Crippen molar-refractivity contribution in [2.75, 3.05) is 26.9 Å². The van der Waals surface area contributed by atoms with E-state index < -0.39 is 0 Å². The highest BCUT2D eigenvalue weighted by Crippen LogP contribution is 2.40. The van der Waals surface area contributed by atoms with Gasteiger partial charge in [-0.1, -0.05) is 11.2 Å². The predicted molar refractivity (Wildman–Crippen MR) is 137 cm³/mol. The molecule has 186 valence electrons. The number of nitrogens with zero attached hydrogens (tertiary/aromatic N) is 5. The number of imidazole rings is 1. The number of aryl methyl sites for hydroxylation is 2. The number of pyridine rings is 2. The van der Waals surface area contributed by atoms with Crippen LogP contribution >= 0.6 is 0 Å². The van der Waals surface area contributed by atoms with Crippen LogP contribution in [0.15, 0.2) is 47.2 Å². The van der Waals surface area contributed by atoms with Gasteiger partial charge >= 0.3 is 0 Å². The summed E-state index contributed by atoms with van der Waals surface area (Å²) in [4.78, 5) is 14.1. The van der Waals surface area contributed by atoms with Gasteiger partial charge in [0.15, 0.2) is 0 Å². The van der Waals surface area contributed by atoms with E-state index in [1.54, 1.807) is 19.5 Å². The van der Waals surface area contributed by atoms with Crippen LogP contribution in [-0.4, -0.2) is 51.6 Å². The molecule has 1 atom stereocenters. The molecule has 0 N–H and O–H groups in total.